The van der Waals surface area contributed by atoms with Crippen molar-refractivity contribution in [3.8, 4) is 33.8 Å². The van der Waals surface area contributed by atoms with Gasteiger partial charge in [0.25, 0.3) is 0 Å². The van der Waals surface area contributed by atoms with Crippen molar-refractivity contribution >= 4 is 0 Å². The van der Waals surface area contributed by atoms with E-state index in [-0.39, 0.29) is 5.75 Å². The van der Waals surface area contributed by atoms with Crippen LogP contribution in [0.3, 0.4) is 0 Å². The van der Waals surface area contributed by atoms with E-state index in [0.29, 0.717) is 5.75 Å². The molecule has 0 saturated heterocycles. The predicted molar refractivity (Wildman–Crippen MR) is 90.1 cm³/mol. The fourth-order valence-electron chi connectivity index (χ4n) is 2.61. The van der Waals surface area contributed by atoms with E-state index in [1.54, 1.807) is 18.2 Å². The normalized spacial score (nSPS) is 10.6. The van der Waals surface area contributed by atoms with Crippen LogP contribution in [0.25, 0.3) is 22.3 Å². The number of aromatic hydroxyl groups is 2. The summed E-state index contributed by atoms with van der Waals surface area (Å²) in [7, 11) is 0. The molecule has 0 amide bonds. The lowest BCUT2D eigenvalue weighted by Crippen LogP contribution is -1.86. The first-order chi connectivity index (χ1) is 10.5. The van der Waals surface area contributed by atoms with Gasteiger partial charge in [0.15, 0.2) is 0 Å². The Labute approximate surface area is 130 Å². The maximum Gasteiger partial charge on any atom is 0.118 e. The molecule has 3 rings (SSSR count). The molecule has 0 heterocycles. The smallest absolute Gasteiger partial charge is 0.118 e. The quantitative estimate of drug-likeness (QED) is 0.693. The van der Waals surface area contributed by atoms with Gasteiger partial charge in [-0.25, -0.2) is 0 Å². The minimum Gasteiger partial charge on any atom is -0.508 e. The Morgan fingerprint density at radius 2 is 1.09 bits per heavy atom. The average molecular weight is 290 g/mol. The summed E-state index contributed by atoms with van der Waals surface area (Å²) in [6.45, 7) is 3.91. The maximum absolute atomic E-state index is 9.77. The highest BCUT2D eigenvalue weighted by atomic mass is 16.3. The molecule has 0 radical (unpaired) electrons. The molecule has 3 aromatic rings. The number of rotatable bonds is 2. The molecule has 0 saturated carbocycles. The van der Waals surface area contributed by atoms with Gasteiger partial charge in [-0.1, -0.05) is 36.4 Å². The summed E-state index contributed by atoms with van der Waals surface area (Å²) in [6.07, 6.45) is 0. The highest BCUT2D eigenvalue weighted by molar-refractivity contribution is 5.73. The molecule has 0 spiro atoms. The van der Waals surface area contributed by atoms with Crippen LogP contribution in [-0.2, 0) is 0 Å². The van der Waals surface area contributed by atoms with E-state index in [0.717, 1.165) is 33.4 Å². The molecular weight excluding hydrogens is 272 g/mol. The molecule has 0 bridgehead atoms. The monoisotopic (exact) mass is 290 g/mol. The first kappa shape index (κ1) is 14.2. The molecule has 0 aliphatic heterocycles. The first-order valence-electron chi connectivity index (χ1n) is 7.24. The molecule has 2 nitrogen and oxygen atoms in total. The van der Waals surface area contributed by atoms with Crippen LogP contribution in [0.4, 0.5) is 0 Å². The van der Waals surface area contributed by atoms with Crippen LogP contribution in [0.5, 0.6) is 11.5 Å². The van der Waals surface area contributed by atoms with E-state index in [1.165, 1.54) is 0 Å². The molecule has 22 heavy (non-hydrogen) atoms. The molecule has 2 N–H and O–H groups in total. The van der Waals surface area contributed by atoms with E-state index >= 15 is 0 Å². The lowest BCUT2D eigenvalue weighted by Gasteiger charge is -2.10. The topological polar surface area (TPSA) is 40.5 Å². The van der Waals surface area contributed by atoms with Crippen molar-refractivity contribution in [2.75, 3.05) is 0 Å². The Kier molecular flexibility index (Phi) is 3.60. The number of phenols is 2. The molecule has 3 aromatic carbocycles. The van der Waals surface area contributed by atoms with Crippen molar-refractivity contribution in [2.45, 2.75) is 13.8 Å². The van der Waals surface area contributed by atoms with Crippen molar-refractivity contribution in [1.82, 2.24) is 0 Å². The zero-order valence-electron chi connectivity index (χ0n) is 12.7. The predicted octanol–water partition coefficient (Wildman–Crippen LogP) is 5.05. The summed E-state index contributed by atoms with van der Waals surface area (Å²) in [5, 5.41) is 19.1. The fraction of sp³-hybridized carbons (Fsp3) is 0.100. The summed E-state index contributed by atoms with van der Waals surface area (Å²) in [5.41, 5.74) is 6.37. The molecule has 0 aromatic heterocycles. The second kappa shape index (κ2) is 5.57. The van der Waals surface area contributed by atoms with Gasteiger partial charge in [0.05, 0.1) is 0 Å². The summed E-state index contributed by atoms with van der Waals surface area (Å²) in [5.74, 6) is 0.609. The van der Waals surface area contributed by atoms with E-state index in [2.05, 4.69) is 24.3 Å². The average Bonchev–Trinajstić information content (AvgIpc) is 2.52. The number of benzene rings is 3. The van der Waals surface area contributed by atoms with Gasteiger partial charge in [0, 0.05) is 0 Å². The van der Waals surface area contributed by atoms with Gasteiger partial charge in [0.1, 0.15) is 11.5 Å². The highest BCUT2D eigenvalue weighted by Gasteiger charge is 2.06. The number of phenolic OH excluding ortho intramolecular Hbond substituents is 2. The number of hydrogen-bond donors (Lipinski definition) is 2. The highest BCUT2D eigenvalue weighted by Crippen LogP contribution is 2.31. The van der Waals surface area contributed by atoms with Gasteiger partial charge >= 0.3 is 0 Å². The molecule has 0 atom stereocenters. The van der Waals surface area contributed by atoms with Crippen LogP contribution in [0.1, 0.15) is 11.1 Å². The standard InChI is InChI=1S/C20H18O2/c1-13-12-20(22)14(2)11-19(13)17-5-3-15(4-6-17)16-7-9-18(21)10-8-16/h3-12,21-22H,1-2H3. The lowest BCUT2D eigenvalue weighted by atomic mass is 9.96. The minimum absolute atomic E-state index is 0.274. The van der Waals surface area contributed by atoms with E-state index in [9.17, 15) is 10.2 Å². The molecule has 0 aliphatic carbocycles. The van der Waals surface area contributed by atoms with Crippen LogP contribution in [-0.4, -0.2) is 10.2 Å². The number of aryl methyl sites for hydroxylation is 2. The first-order valence-corrected chi connectivity index (χ1v) is 7.24. The molecule has 2 heteroatoms. The van der Waals surface area contributed by atoms with Gasteiger partial charge in [-0.3, -0.25) is 0 Å². The van der Waals surface area contributed by atoms with Crippen molar-refractivity contribution in [1.29, 1.82) is 0 Å². The Bertz CT molecular complexity index is 800. The molecule has 0 fully saturated rings. The van der Waals surface area contributed by atoms with Gasteiger partial charge in [-0.2, -0.15) is 0 Å². The summed E-state index contributed by atoms with van der Waals surface area (Å²) < 4.78 is 0. The largest absolute Gasteiger partial charge is 0.508 e. The molecule has 110 valence electrons. The van der Waals surface area contributed by atoms with Gasteiger partial charge in [-0.05, 0) is 71.5 Å². The molecular formula is C20H18O2. The third-order valence-corrected chi connectivity index (χ3v) is 3.94. The Morgan fingerprint density at radius 1 is 0.591 bits per heavy atom. The maximum atomic E-state index is 9.77. The second-order valence-corrected chi connectivity index (χ2v) is 5.58. The van der Waals surface area contributed by atoms with Crippen molar-refractivity contribution in [3.05, 3.63) is 71.8 Å². The van der Waals surface area contributed by atoms with Crippen molar-refractivity contribution < 1.29 is 10.2 Å². The van der Waals surface area contributed by atoms with Gasteiger partial charge < -0.3 is 10.2 Å². The van der Waals surface area contributed by atoms with Crippen LogP contribution < -0.4 is 0 Å². The molecule has 0 aliphatic rings. The van der Waals surface area contributed by atoms with Crippen LogP contribution in [0, 0.1) is 13.8 Å². The Balaban J connectivity index is 1.98. The van der Waals surface area contributed by atoms with Crippen LogP contribution >= 0.6 is 0 Å². The summed E-state index contributed by atoms with van der Waals surface area (Å²) in [4.78, 5) is 0. The van der Waals surface area contributed by atoms with Gasteiger partial charge in [-0.15, -0.1) is 0 Å². The fourth-order valence-corrected chi connectivity index (χ4v) is 2.61. The second-order valence-electron chi connectivity index (χ2n) is 5.58. The zero-order valence-corrected chi connectivity index (χ0v) is 12.7. The van der Waals surface area contributed by atoms with E-state index in [4.69, 9.17) is 0 Å². The van der Waals surface area contributed by atoms with Crippen LogP contribution in [0.2, 0.25) is 0 Å². The van der Waals surface area contributed by atoms with Gasteiger partial charge in [0.2, 0.25) is 0 Å². The van der Waals surface area contributed by atoms with Crippen molar-refractivity contribution in [2.24, 2.45) is 0 Å². The van der Waals surface area contributed by atoms with Crippen LogP contribution in [0.15, 0.2) is 60.7 Å². The molecule has 0 unspecified atom stereocenters. The zero-order chi connectivity index (χ0) is 15.7. The minimum atomic E-state index is 0.274. The van der Waals surface area contributed by atoms with E-state index in [1.807, 2.05) is 32.0 Å². The third kappa shape index (κ3) is 2.68. The Morgan fingerprint density at radius 3 is 1.68 bits per heavy atom. The number of hydrogen-bond acceptors (Lipinski definition) is 2. The SMILES string of the molecule is Cc1cc(-c2ccc(-c3ccc(O)cc3)cc2)c(C)cc1O. The Hall–Kier alpha value is -2.74. The lowest BCUT2D eigenvalue weighted by molar-refractivity contribution is 0.470. The summed E-state index contributed by atoms with van der Waals surface area (Å²) in [6, 6.07) is 19.3. The van der Waals surface area contributed by atoms with Crippen molar-refractivity contribution in [3.63, 3.8) is 0 Å². The van der Waals surface area contributed by atoms with E-state index < -0.39 is 0 Å². The third-order valence-electron chi connectivity index (χ3n) is 3.94. The summed E-state index contributed by atoms with van der Waals surface area (Å²) >= 11 is 0.